The number of piperidine rings is 2. The molecule has 2 fully saturated rings. The minimum absolute atomic E-state index is 0.183. The molecule has 0 spiro atoms. The molecule has 2 heterocycles. The summed E-state index contributed by atoms with van der Waals surface area (Å²) in [6.07, 6.45) is 4.82. The number of carbonyl (C=O) groups excluding carboxylic acids is 1. The number of aliphatic hydroxyl groups is 1. The molecule has 4 nitrogen and oxygen atoms in total. The molecule has 4 heteroatoms. The SMILES string of the molecule is C[C@@H]1CCCN(C(=O)C2CCN([C@@H]3Cc4ccccc4[C@@H]3O)CC2)C1. The average Bonchev–Trinajstić information content (AvgIpc) is 2.98. The van der Waals surface area contributed by atoms with Gasteiger partial charge in [-0.25, -0.2) is 0 Å². The third-order valence-electron chi connectivity index (χ3n) is 6.48. The van der Waals surface area contributed by atoms with Crippen molar-refractivity contribution in [2.45, 2.75) is 51.2 Å². The van der Waals surface area contributed by atoms with Gasteiger partial charge in [0.1, 0.15) is 0 Å². The number of hydrogen-bond acceptors (Lipinski definition) is 3. The van der Waals surface area contributed by atoms with E-state index >= 15 is 0 Å². The van der Waals surface area contributed by atoms with Gasteiger partial charge in [-0.15, -0.1) is 0 Å². The highest BCUT2D eigenvalue weighted by molar-refractivity contribution is 5.79. The van der Waals surface area contributed by atoms with Crippen molar-refractivity contribution in [3.8, 4) is 0 Å². The zero-order valence-corrected chi connectivity index (χ0v) is 15.2. The van der Waals surface area contributed by atoms with Gasteiger partial charge in [-0.05, 0) is 62.2 Å². The van der Waals surface area contributed by atoms with Crippen molar-refractivity contribution in [3.05, 3.63) is 35.4 Å². The van der Waals surface area contributed by atoms with Crippen LogP contribution in [0.3, 0.4) is 0 Å². The van der Waals surface area contributed by atoms with Gasteiger partial charge in [0.25, 0.3) is 0 Å². The maximum atomic E-state index is 12.8. The standard InChI is InChI=1S/C21H30N2O2/c1-15-5-4-10-23(14-15)21(25)16-8-11-22(12-9-16)19-13-17-6-2-3-7-18(17)20(19)24/h2-3,6-7,15-16,19-20,24H,4-5,8-14H2,1H3/t15-,19-,20+/m1/s1. The van der Waals surface area contributed by atoms with Gasteiger partial charge in [-0.3, -0.25) is 9.69 Å². The lowest BCUT2D eigenvalue weighted by Gasteiger charge is -2.39. The molecular formula is C21H30N2O2. The Morgan fingerprint density at radius 3 is 2.60 bits per heavy atom. The highest BCUT2D eigenvalue weighted by Crippen LogP contribution is 2.36. The van der Waals surface area contributed by atoms with E-state index in [0.29, 0.717) is 11.8 Å². The number of benzene rings is 1. The first kappa shape index (κ1) is 17.0. The van der Waals surface area contributed by atoms with Gasteiger partial charge in [0.05, 0.1) is 6.10 Å². The molecular weight excluding hydrogens is 312 g/mol. The summed E-state index contributed by atoms with van der Waals surface area (Å²) >= 11 is 0. The first-order chi connectivity index (χ1) is 12.1. The van der Waals surface area contributed by atoms with E-state index in [9.17, 15) is 9.90 Å². The summed E-state index contributed by atoms with van der Waals surface area (Å²) in [6.45, 7) is 5.99. The quantitative estimate of drug-likeness (QED) is 0.898. The van der Waals surface area contributed by atoms with Gasteiger partial charge in [0.15, 0.2) is 0 Å². The summed E-state index contributed by atoms with van der Waals surface area (Å²) < 4.78 is 0. The summed E-state index contributed by atoms with van der Waals surface area (Å²) in [5.41, 5.74) is 2.37. The molecule has 1 aliphatic carbocycles. The lowest BCUT2D eigenvalue weighted by Crippen LogP contribution is -2.48. The molecule has 1 aromatic carbocycles. The van der Waals surface area contributed by atoms with Gasteiger partial charge in [-0.2, -0.15) is 0 Å². The molecule has 3 atom stereocenters. The van der Waals surface area contributed by atoms with Gasteiger partial charge < -0.3 is 10.0 Å². The number of hydrogen-bond donors (Lipinski definition) is 1. The van der Waals surface area contributed by atoms with Crippen LogP contribution >= 0.6 is 0 Å². The van der Waals surface area contributed by atoms with Crippen molar-refractivity contribution in [2.75, 3.05) is 26.2 Å². The second kappa shape index (κ2) is 7.08. The number of carbonyl (C=O) groups is 1. The van der Waals surface area contributed by atoms with Crippen molar-refractivity contribution in [1.82, 2.24) is 9.80 Å². The van der Waals surface area contributed by atoms with E-state index in [2.05, 4.69) is 28.9 Å². The predicted molar refractivity (Wildman–Crippen MR) is 98.2 cm³/mol. The third kappa shape index (κ3) is 3.34. The normalized spacial score (nSPS) is 31.1. The monoisotopic (exact) mass is 342 g/mol. The Labute approximate surface area is 150 Å². The lowest BCUT2D eigenvalue weighted by molar-refractivity contribution is -0.139. The van der Waals surface area contributed by atoms with Crippen LogP contribution in [-0.2, 0) is 11.2 Å². The minimum Gasteiger partial charge on any atom is -0.387 e. The van der Waals surface area contributed by atoms with Gasteiger partial charge in [-0.1, -0.05) is 31.2 Å². The van der Waals surface area contributed by atoms with E-state index in [1.807, 2.05) is 12.1 Å². The molecule has 1 N–H and O–H groups in total. The Morgan fingerprint density at radius 2 is 1.88 bits per heavy atom. The van der Waals surface area contributed by atoms with E-state index in [-0.39, 0.29) is 18.1 Å². The molecule has 2 aliphatic heterocycles. The largest absolute Gasteiger partial charge is 0.387 e. The van der Waals surface area contributed by atoms with Gasteiger partial charge >= 0.3 is 0 Å². The molecule has 3 aliphatic rings. The van der Waals surface area contributed by atoms with E-state index in [4.69, 9.17) is 0 Å². The topological polar surface area (TPSA) is 43.8 Å². The van der Waals surface area contributed by atoms with Gasteiger partial charge in [0.2, 0.25) is 5.91 Å². The number of amides is 1. The van der Waals surface area contributed by atoms with Crippen LogP contribution in [0, 0.1) is 11.8 Å². The van der Waals surface area contributed by atoms with Crippen LogP contribution in [-0.4, -0.2) is 53.0 Å². The lowest BCUT2D eigenvalue weighted by atomic mass is 9.91. The Kier molecular flexibility index (Phi) is 4.83. The van der Waals surface area contributed by atoms with E-state index in [1.54, 1.807) is 0 Å². The molecule has 1 amide bonds. The van der Waals surface area contributed by atoms with Crippen LogP contribution in [0.5, 0.6) is 0 Å². The van der Waals surface area contributed by atoms with Crippen molar-refractivity contribution in [2.24, 2.45) is 11.8 Å². The first-order valence-electron chi connectivity index (χ1n) is 9.92. The van der Waals surface area contributed by atoms with Crippen LogP contribution in [0.2, 0.25) is 0 Å². The molecule has 0 saturated carbocycles. The first-order valence-corrected chi connectivity index (χ1v) is 9.92. The fraction of sp³-hybridized carbons (Fsp3) is 0.667. The van der Waals surface area contributed by atoms with E-state index in [0.717, 1.165) is 57.4 Å². The smallest absolute Gasteiger partial charge is 0.225 e. The molecule has 25 heavy (non-hydrogen) atoms. The second-order valence-corrected chi connectivity index (χ2v) is 8.26. The fourth-order valence-electron chi connectivity index (χ4n) is 5.01. The summed E-state index contributed by atoms with van der Waals surface area (Å²) in [7, 11) is 0. The second-order valence-electron chi connectivity index (χ2n) is 8.26. The Balaban J connectivity index is 1.34. The molecule has 0 bridgehead atoms. The summed E-state index contributed by atoms with van der Waals surface area (Å²) in [5, 5.41) is 10.7. The summed E-state index contributed by atoms with van der Waals surface area (Å²) in [5.74, 6) is 1.20. The minimum atomic E-state index is -0.383. The number of nitrogens with zero attached hydrogens (tertiary/aromatic N) is 2. The zero-order valence-electron chi connectivity index (χ0n) is 15.2. The number of fused-ring (bicyclic) bond motifs is 1. The molecule has 0 unspecified atom stereocenters. The zero-order chi connectivity index (χ0) is 17.4. The van der Waals surface area contributed by atoms with Crippen LogP contribution in [0.1, 0.15) is 49.8 Å². The van der Waals surface area contributed by atoms with Crippen molar-refractivity contribution < 1.29 is 9.90 Å². The van der Waals surface area contributed by atoms with E-state index in [1.165, 1.54) is 12.0 Å². The summed E-state index contributed by atoms with van der Waals surface area (Å²) in [6, 6.07) is 8.43. The third-order valence-corrected chi connectivity index (χ3v) is 6.48. The fourth-order valence-corrected chi connectivity index (χ4v) is 5.01. The van der Waals surface area contributed by atoms with Crippen molar-refractivity contribution in [1.29, 1.82) is 0 Å². The molecule has 0 aromatic heterocycles. The van der Waals surface area contributed by atoms with Crippen LogP contribution < -0.4 is 0 Å². The molecule has 1 aromatic rings. The van der Waals surface area contributed by atoms with Crippen LogP contribution in [0.15, 0.2) is 24.3 Å². The number of likely N-dealkylation sites (tertiary alicyclic amines) is 2. The Bertz CT molecular complexity index is 624. The molecule has 136 valence electrons. The molecule has 2 saturated heterocycles. The predicted octanol–water partition coefficient (Wildman–Crippen LogP) is 2.62. The Hall–Kier alpha value is -1.39. The van der Waals surface area contributed by atoms with Gasteiger partial charge in [0, 0.05) is 25.0 Å². The number of aliphatic hydroxyl groups excluding tert-OH is 1. The molecule has 0 radical (unpaired) electrons. The summed E-state index contributed by atoms with van der Waals surface area (Å²) in [4.78, 5) is 17.3. The van der Waals surface area contributed by atoms with Crippen LogP contribution in [0.25, 0.3) is 0 Å². The van der Waals surface area contributed by atoms with Crippen LogP contribution in [0.4, 0.5) is 0 Å². The van der Waals surface area contributed by atoms with E-state index < -0.39 is 0 Å². The highest BCUT2D eigenvalue weighted by Gasteiger charge is 2.38. The number of rotatable bonds is 2. The maximum Gasteiger partial charge on any atom is 0.225 e. The highest BCUT2D eigenvalue weighted by atomic mass is 16.3. The molecule has 4 rings (SSSR count). The average molecular weight is 342 g/mol. The van der Waals surface area contributed by atoms with Crippen molar-refractivity contribution >= 4 is 5.91 Å². The van der Waals surface area contributed by atoms with Crippen molar-refractivity contribution in [3.63, 3.8) is 0 Å². The Morgan fingerprint density at radius 1 is 1.12 bits per heavy atom. The maximum absolute atomic E-state index is 12.8.